The van der Waals surface area contributed by atoms with Gasteiger partial charge in [-0.25, -0.2) is 4.39 Å². The van der Waals surface area contributed by atoms with E-state index in [1.807, 2.05) is 0 Å². The third kappa shape index (κ3) is 5.22. The molecule has 0 radical (unpaired) electrons. The summed E-state index contributed by atoms with van der Waals surface area (Å²) in [6.45, 7) is 7.73. The Balaban J connectivity index is 1.58. The Bertz CT molecular complexity index is 1410. The van der Waals surface area contributed by atoms with Gasteiger partial charge < -0.3 is 26.4 Å². The summed E-state index contributed by atoms with van der Waals surface area (Å²) < 4.78 is 21.3. The number of halogens is 3. The molecule has 0 aromatic heterocycles. The molecule has 1 saturated carbocycles. The van der Waals surface area contributed by atoms with E-state index in [-0.39, 0.29) is 40.4 Å². The lowest BCUT2D eigenvalue weighted by Gasteiger charge is -2.44. The van der Waals surface area contributed by atoms with Gasteiger partial charge in [0.25, 0.3) is 0 Å². The van der Waals surface area contributed by atoms with Crippen molar-refractivity contribution in [2.75, 3.05) is 11.9 Å². The summed E-state index contributed by atoms with van der Waals surface area (Å²) in [5.74, 6) is -2.82. The summed E-state index contributed by atoms with van der Waals surface area (Å²) in [7, 11) is 0. The van der Waals surface area contributed by atoms with E-state index >= 15 is 4.39 Å². The molecule has 1 saturated heterocycles. The fraction of sp³-hybridized carbons (Fsp3) is 0.500. The topological polar surface area (TPSA) is 123 Å². The molecule has 8 nitrogen and oxygen atoms in total. The Morgan fingerprint density at radius 3 is 2.56 bits per heavy atom. The van der Waals surface area contributed by atoms with Gasteiger partial charge in [0.1, 0.15) is 16.8 Å². The largest absolute Gasteiger partial charge is 0.458 e. The van der Waals surface area contributed by atoms with E-state index in [4.69, 9.17) is 33.7 Å². The first kappa shape index (κ1) is 29.8. The van der Waals surface area contributed by atoms with E-state index < -0.39 is 40.8 Å². The zero-order valence-corrected chi connectivity index (χ0v) is 25.0. The molecule has 5 N–H and O–H groups in total. The number of amides is 2. The molecule has 3 aliphatic rings. The first-order valence-electron chi connectivity index (χ1n) is 13.7. The summed E-state index contributed by atoms with van der Waals surface area (Å²) in [5, 5.41) is 9.82. The number of anilines is 1. The molecular weight excluding hydrogens is 570 g/mol. The molecule has 220 valence electrons. The zero-order chi connectivity index (χ0) is 29.9. The van der Waals surface area contributed by atoms with Gasteiger partial charge in [0.05, 0.1) is 17.6 Å². The van der Waals surface area contributed by atoms with Crippen LogP contribution in [0.4, 0.5) is 10.1 Å². The highest BCUT2D eigenvalue weighted by molar-refractivity contribution is 6.31. The first-order chi connectivity index (χ1) is 19.2. The maximum Gasteiger partial charge on any atom is 0.320 e. The van der Waals surface area contributed by atoms with Crippen molar-refractivity contribution in [2.24, 2.45) is 11.1 Å². The van der Waals surface area contributed by atoms with Crippen LogP contribution >= 0.6 is 23.2 Å². The predicted molar refractivity (Wildman–Crippen MR) is 155 cm³/mol. The van der Waals surface area contributed by atoms with E-state index in [9.17, 15) is 14.4 Å². The molecule has 5 rings (SSSR count). The second-order valence-electron chi connectivity index (χ2n) is 12.8. The normalized spacial score (nSPS) is 30.5. The van der Waals surface area contributed by atoms with Crippen molar-refractivity contribution in [1.29, 1.82) is 0 Å². The molecule has 11 heteroatoms. The third-order valence-corrected chi connectivity index (χ3v) is 8.98. The number of carbonyl (C=O) groups excluding carboxylic acids is 3. The minimum atomic E-state index is -1.33. The third-order valence-electron chi connectivity index (χ3n) is 8.45. The molecule has 2 aromatic rings. The SMILES string of the molecule is CC(C)(C)C[C@H]1N[C@@H](C(=O)N[C@H]2C[C@](C)(OC(=O)CN)C2)[C@H](c2cccc(Cl)c2F)[C@@]12C(=O)Nc1cc(Cl)ccc12. The van der Waals surface area contributed by atoms with Crippen LogP contribution in [0.2, 0.25) is 10.0 Å². The Morgan fingerprint density at radius 1 is 1.20 bits per heavy atom. The Kier molecular flexibility index (Phi) is 7.64. The molecule has 2 heterocycles. The zero-order valence-electron chi connectivity index (χ0n) is 23.4. The molecular formula is C30H35Cl2FN4O4. The molecule has 2 aliphatic heterocycles. The fourth-order valence-corrected chi connectivity index (χ4v) is 7.28. The number of ether oxygens (including phenoxy) is 1. The second-order valence-corrected chi connectivity index (χ2v) is 13.7. The van der Waals surface area contributed by atoms with Crippen molar-refractivity contribution in [1.82, 2.24) is 10.6 Å². The van der Waals surface area contributed by atoms with Gasteiger partial charge in [-0.05, 0) is 48.1 Å². The van der Waals surface area contributed by atoms with Crippen LogP contribution in [0.1, 0.15) is 64.0 Å². The number of hydrogen-bond acceptors (Lipinski definition) is 6. The van der Waals surface area contributed by atoms with Crippen molar-refractivity contribution in [3.8, 4) is 0 Å². The summed E-state index contributed by atoms with van der Waals surface area (Å²) in [5.41, 5.74) is 4.45. The maximum atomic E-state index is 15.9. The Morgan fingerprint density at radius 2 is 1.90 bits per heavy atom. The molecule has 1 spiro atoms. The lowest BCUT2D eigenvalue weighted by atomic mass is 9.62. The average Bonchev–Trinajstić information content (AvgIpc) is 3.33. The van der Waals surface area contributed by atoms with Gasteiger partial charge in [-0.2, -0.15) is 0 Å². The number of rotatable bonds is 6. The summed E-state index contributed by atoms with van der Waals surface area (Å²) >= 11 is 12.5. The lowest BCUT2D eigenvalue weighted by molar-refractivity contribution is -0.167. The highest BCUT2D eigenvalue weighted by atomic mass is 35.5. The van der Waals surface area contributed by atoms with Gasteiger partial charge in [0.2, 0.25) is 11.8 Å². The second kappa shape index (κ2) is 10.5. The summed E-state index contributed by atoms with van der Waals surface area (Å²) in [4.78, 5) is 39.9. The van der Waals surface area contributed by atoms with E-state index in [0.717, 1.165) is 0 Å². The number of fused-ring (bicyclic) bond motifs is 2. The number of nitrogens with two attached hydrogens (primary N) is 1. The predicted octanol–water partition coefficient (Wildman–Crippen LogP) is 4.42. The molecule has 0 unspecified atom stereocenters. The summed E-state index contributed by atoms with van der Waals surface area (Å²) in [6.07, 6.45) is 1.33. The monoisotopic (exact) mass is 604 g/mol. The Labute approximate surface area is 248 Å². The van der Waals surface area contributed by atoms with Crippen LogP contribution in [-0.2, 0) is 24.5 Å². The van der Waals surface area contributed by atoms with Gasteiger partial charge in [-0.1, -0.05) is 62.2 Å². The van der Waals surface area contributed by atoms with Crippen LogP contribution < -0.4 is 21.7 Å². The molecule has 2 aromatic carbocycles. The van der Waals surface area contributed by atoms with Gasteiger partial charge in [0.15, 0.2) is 0 Å². The van der Waals surface area contributed by atoms with Crippen LogP contribution in [0.5, 0.6) is 0 Å². The van der Waals surface area contributed by atoms with E-state index in [1.165, 1.54) is 6.07 Å². The quantitative estimate of drug-likeness (QED) is 0.362. The van der Waals surface area contributed by atoms with Gasteiger partial charge in [-0.15, -0.1) is 0 Å². The number of esters is 1. The lowest BCUT2D eigenvalue weighted by Crippen LogP contribution is -2.58. The van der Waals surface area contributed by atoms with E-state index in [0.29, 0.717) is 35.5 Å². The highest BCUT2D eigenvalue weighted by Crippen LogP contribution is 2.57. The van der Waals surface area contributed by atoms with Crippen molar-refractivity contribution in [3.05, 3.63) is 63.4 Å². The fourth-order valence-electron chi connectivity index (χ4n) is 6.93. The van der Waals surface area contributed by atoms with Gasteiger partial charge in [0, 0.05) is 41.6 Å². The minimum Gasteiger partial charge on any atom is -0.458 e. The van der Waals surface area contributed by atoms with E-state index in [2.05, 4.69) is 36.7 Å². The van der Waals surface area contributed by atoms with Crippen LogP contribution in [0, 0.1) is 11.2 Å². The number of hydrogen-bond donors (Lipinski definition) is 4. The van der Waals surface area contributed by atoms with E-state index in [1.54, 1.807) is 37.3 Å². The van der Waals surface area contributed by atoms with Crippen molar-refractivity contribution < 1.29 is 23.5 Å². The van der Waals surface area contributed by atoms with Crippen LogP contribution in [0.15, 0.2) is 36.4 Å². The molecule has 1 aliphatic carbocycles. The number of carbonyl (C=O) groups is 3. The molecule has 0 bridgehead atoms. The first-order valence-corrected chi connectivity index (χ1v) is 14.5. The molecule has 2 fully saturated rings. The average molecular weight is 606 g/mol. The number of nitrogens with one attached hydrogen (secondary N) is 3. The molecule has 41 heavy (non-hydrogen) atoms. The van der Waals surface area contributed by atoms with Gasteiger partial charge >= 0.3 is 5.97 Å². The smallest absolute Gasteiger partial charge is 0.320 e. The highest BCUT2D eigenvalue weighted by Gasteiger charge is 2.66. The van der Waals surface area contributed by atoms with Crippen molar-refractivity contribution in [2.45, 2.75) is 82.0 Å². The number of benzene rings is 2. The van der Waals surface area contributed by atoms with Crippen LogP contribution in [-0.4, -0.2) is 48.1 Å². The summed E-state index contributed by atoms with van der Waals surface area (Å²) in [6, 6.07) is 8.04. The minimum absolute atomic E-state index is 0.0951. The molecule has 4 atom stereocenters. The van der Waals surface area contributed by atoms with Crippen molar-refractivity contribution in [3.63, 3.8) is 0 Å². The Hall–Kier alpha value is -2.72. The maximum absolute atomic E-state index is 15.9. The van der Waals surface area contributed by atoms with Crippen LogP contribution in [0.3, 0.4) is 0 Å². The van der Waals surface area contributed by atoms with Crippen LogP contribution in [0.25, 0.3) is 0 Å². The standard InChI is InChI=1S/C30H35Cl2FN4O4/c1-28(2,3)13-21-30(18-9-8-15(31)10-20(18)36-27(30)40)23(17-6-5-7-19(32)24(17)33)25(37-21)26(39)35-16-11-29(4,12-16)41-22(38)14-34/h5-10,16,21,23,25,37H,11-14,34H2,1-4H3,(H,35,39)(H,36,40)/t16-,21-,23+,25-,29-,30+/m1/s1. The van der Waals surface area contributed by atoms with Gasteiger partial charge in [-0.3, -0.25) is 14.4 Å². The van der Waals surface area contributed by atoms with Crippen molar-refractivity contribution >= 4 is 46.7 Å². The molecule has 2 amide bonds.